The Bertz CT molecular complexity index is 903. The molecule has 2 atom stereocenters. The summed E-state index contributed by atoms with van der Waals surface area (Å²) in [6.07, 6.45) is 7.91. The number of aryl methyl sites for hydroxylation is 2. The van der Waals surface area contributed by atoms with Crippen molar-refractivity contribution in [2.45, 2.75) is 31.8 Å². The Morgan fingerprint density at radius 1 is 1.17 bits per heavy atom. The highest BCUT2D eigenvalue weighted by Gasteiger charge is 2.53. The van der Waals surface area contributed by atoms with Crippen LogP contribution in [0.15, 0.2) is 30.7 Å². The Kier molecular flexibility index (Phi) is 5.21. The van der Waals surface area contributed by atoms with Gasteiger partial charge in [-0.1, -0.05) is 0 Å². The molecule has 2 aromatic heterocycles. The highest BCUT2D eigenvalue weighted by Crippen LogP contribution is 2.43. The van der Waals surface area contributed by atoms with Gasteiger partial charge in [-0.05, 0) is 45.0 Å². The SMILES string of the molecule is CN1CC[C@]2(C(=O)NCc3nccn3C)CCCN(C(=O)c3cccn3C)[C@H]2C1. The van der Waals surface area contributed by atoms with E-state index in [9.17, 15) is 9.59 Å². The Hall–Kier alpha value is -2.61. The third-order valence-corrected chi connectivity index (χ3v) is 6.66. The van der Waals surface area contributed by atoms with E-state index < -0.39 is 5.41 Å². The summed E-state index contributed by atoms with van der Waals surface area (Å²) >= 11 is 0. The molecule has 0 bridgehead atoms. The van der Waals surface area contributed by atoms with Gasteiger partial charge in [0.05, 0.1) is 18.0 Å². The lowest BCUT2D eigenvalue weighted by Crippen LogP contribution is -2.66. The minimum Gasteiger partial charge on any atom is -0.348 e. The number of carbonyl (C=O) groups excluding carboxylic acids is 2. The molecule has 0 spiro atoms. The van der Waals surface area contributed by atoms with Crippen molar-refractivity contribution in [3.05, 3.63) is 42.2 Å². The molecule has 2 aromatic rings. The Balaban J connectivity index is 1.59. The number of hydrogen-bond acceptors (Lipinski definition) is 4. The predicted octanol–water partition coefficient (Wildman–Crippen LogP) is 1.00. The molecule has 0 aromatic carbocycles. The number of nitrogens with one attached hydrogen (secondary N) is 1. The lowest BCUT2D eigenvalue weighted by Gasteiger charge is -2.53. The number of aromatic nitrogens is 3. The normalized spacial score (nSPS) is 24.9. The smallest absolute Gasteiger partial charge is 0.270 e. The zero-order valence-electron chi connectivity index (χ0n) is 17.5. The van der Waals surface area contributed by atoms with Crippen molar-refractivity contribution in [2.24, 2.45) is 19.5 Å². The van der Waals surface area contributed by atoms with Gasteiger partial charge < -0.3 is 24.3 Å². The summed E-state index contributed by atoms with van der Waals surface area (Å²) in [5.41, 5.74) is 0.124. The molecule has 2 aliphatic rings. The van der Waals surface area contributed by atoms with E-state index >= 15 is 0 Å². The van der Waals surface area contributed by atoms with Gasteiger partial charge >= 0.3 is 0 Å². The number of amides is 2. The second-order valence-electron chi connectivity index (χ2n) is 8.43. The lowest BCUT2D eigenvalue weighted by molar-refractivity contribution is -0.142. The summed E-state index contributed by atoms with van der Waals surface area (Å²) in [5.74, 6) is 0.883. The van der Waals surface area contributed by atoms with Gasteiger partial charge in [-0.3, -0.25) is 9.59 Å². The van der Waals surface area contributed by atoms with Crippen molar-refractivity contribution in [3.63, 3.8) is 0 Å². The molecule has 4 heterocycles. The van der Waals surface area contributed by atoms with Gasteiger partial charge in [0.1, 0.15) is 11.5 Å². The van der Waals surface area contributed by atoms with Gasteiger partial charge in [0.15, 0.2) is 0 Å². The summed E-state index contributed by atoms with van der Waals surface area (Å²) in [5, 5.41) is 3.12. The molecule has 2 amide bonds. The molecule has 0 unspecified atom stereocenters. The first kappa shape index (κ1) is 19.7. The molecule has 29 heavy (non-hydrogen) atoms. The number of carbonyl (C=O) groups is 2. The number of likely N-dealkylation sites (tertiary alicyclic amines) is 2. The molecule has 2 saturated heterocycles. The first-order valence-electron chi connectivity index (χ1n) is 10.3. The van der Waals surface area contributed by atoms with E-state index in [4.69, 9.17) is 0 Å². The number of nitrogens with zero attached hydrogens (tertiary/aromatic N) is 5. The number of imidazole rings is 1. The van der Waals surface area contributed by atoms with E-state index in [1.165, 1.54) is 0 Å². The van der Waals surface area contributed by atoms with Crippen LogP contribution in [0.2, 0.25) is 0 Å². The van der Waals surface area contributed by atoms with Crippen LogP contribution >= 0.6 is 0 Å². The van der Waals surface area contributed by atoms with E-state index in [1.54, 1.807) is 6.20 Å². The minimum absolute atomic E-state index is 0.0128. The number of rotatable bonds is 4. The predicted molar refractivity (Wildman–Crippen MR) is 109 cm³/mol. The summed E-state index contributed by atoms with van der Waals surface area (Å²) in [6.45, 7) is 2.67. The molecule has 4 rings (SSSR count). The monoisotopic (exact) mass is 398 g/mol. The van der Waals surface area contributed by atoms with E-state index in [0.717, 1.165) is 31.6 Å². The summed E-state index contributed by atoms with van der Waals surface area (Å²) in [6, 6.07) is 3.61. The number of hydrogen-bond donors (Lipinski definition) is 1. The van der Waals surface area contributed by atoms with Gasteiger partial charge in [-0.25, -0.2) is 4.98 Å². The van der Waals surface area contributed by atoms with E-state index in [1.807, 2.05) is 52.7 Å². The number of likely N-dealkylation sites (N-methyl/N-ethyl adjacent to an activating group) is 1. The summed E-state index contributed by atoms with van der Waals surface area (Å²) in [7, 11) is 5.87. The zero-order valence-corrected chi connectivity index (χ0v) is 17.5. The minimum atomic E-state index is -0.545. The van der Waals surface area contributed by atoms with Crippen molar-refractivity contribution in [1.82, 2.24) is 29.2 Å². The standard InChI is InChI=1S/C21H30N6O2/c1-24-12-8-21(20(29)23-14-18-22-9-13-26(18)3)7-5-11-27(17(21)15-24)19(28)16-6-4-10-25(16)2/h4,6,9-10,13,17H,5,7-8,11-12,14-15H2,1-3H3,(H,23,29)/t17-,21+/m0/s1. The van der Waals surface area contributed by atoms with Gasteiger partial charge in [0.2, 0.25) is 5.91 Å². The van der Waals surface area contributed by atoms with Gasteiger partial charge in [0, 0.05) is 45.8 Å². The molecule has 0 saturated carbocycles. The van der Waals surface area contributed by atoms with Crippen molar-refractivity contribution in [3.8, 4) is 0 Å². The van der Waals surface area contributed by atoms with Crippen LogP contribution < -0.4 is 5.32 Å². The molecule has 0 aliphatic carbocycles. The quantitative estimate of drug-likeness (QED) is 0.834. The van der Waals surface area contributed by atoms with Crippen LogP contribution in [0.1, 0.15) is 35.6 Å². The average molecular weight is 399 g/mol. The lowest BCUT2D eigenvalue weighted by atomic mass is 9.67. The summed E-state index contributed by atoms with van der Waals surface area (Å²) < 4.78 is 3.77. The first-order valence-corrected chi connectivity index (χ1v) is 10.3. The van der Waals surface area contributed by atoms with Gasteiger partial charge in [-0.2, -0.15) is 0 Å². The maximum absolute atomic E-state index is 13.5. The molecular weight excluding hydrogens is 368 g/mol. The van der Waals surface area contributed by atoms with Crippen LogP contribution in [0.4, 0.5) is 0 Å². The fourth-order valence-corrected chi connectivity index (χ4v) is 4.88. The van der Waals surface area contributed by atoms with E-state index in [2.05, 4.69) is 22.2 Å². The van der Waals surface area contributed by atoms with E-state index in [0.29, 0.717) is 25.3 Å². The molecule has 2 fully saturated rings. The zero-order chi connectivity index (χ0) is 20.6. The Morgan fingerprint density at radius 3 is 2.69 bits per heavy atom. The molecule has 8 nitrogen and oxygen atoms in total. The highest BCUT2D eigenvalue weighted by molar-refractivity contribution is 5.94. The number of fused-ring (bicyclic) bond motifs is 1. The van der Waals surface area contributed by atoms with Crippen molar-refractivity contribution in [2.75, 3.05) is 26.7 Å². The van der Waals surface area contributed by atoms with Crippen LogP contribution in [0, 0.1) is 5.41 Å². The van der Waals surface area contributed by atoms with Crippen LogP contribution in [-0.2, 0) is 25.4 Å². The maximum Gasteiger partial charge on any atom is 0.270 e. The first-order chi connectivity index (χ1) is 13.9. The van der Waals surface area contributed by atoms with Crippen molar-refractivity contribution >= 4 is 11.8 Å². The Labute approximate surface area is 171 Å². The fourth-order valence-electron chi connectivity index (χ4n) is 4.88. The van der Waals surface area contributed by atoms with Crippen LogP contribution in [-0.4, -0.2) is 68.5 Å². The topological polar surface area (TPSA) is 75.4 Å². The molecule has 1 N–H and O–H groups in total. The highest BCUT2D eigenvalue weighted by atomic mass is 16.2. The van der Waals surface area contributed by atoms with Crippen molar-refractivity contribution in [1.29, 1.82) is 0 Å². The third-order valence-electron chi connectivity index (χ3n) is 6.66. The molecule has 8 heteroatoms. The van der Waals surface area contributed by atoms with E-state index in [-0.39, 0.29) is 17.9 Å². The molecule has 2 aliphatic heterocycles. The van der Waals surface area contributed by atoms with Crippen LogP contribution in [0.3, 0.4) is 0 Å². The molecular formula is C21H30N6O2. The largest absolute Gasteiger partial charge is 0.348 e. The second-order valence-corrected chi connectivity index (χ2v) is 8.43. The van der Waals surface area contributed by atoms with Crippen LogP contribution in [0.25, 0.3) is 0 Å². The fraction of sp³-hybridized carbons (Fsp3) is 0.571. The second kappa shape index (κ2) is 7.67. The van der Waals surface area contributed by atoms with Gasteiger partial charge in [0.25, 0.3) is 5.91 Å². The molecule has 156 valence electrons. The third kappa shape index (κ3) is 3.46. The molecule has 0 radical (unpaired) electrons. The van der Waals surface area contributed by atoms with Crippen LogP contribution in [0.5, 0.6) is 0 Å². The Morgan fingerprint density at radius 2 is 2.00 bits per heavy atom. The van der Waals surface area contributed by atoms with Crippen molar-refractivity contribution < 1.29 is 9.59 Å². The van der Waals surface area contributed by atoms with Gasteiger partial charge in [-0.15, -0.1) is 0 Å². The summed E-state index contributed by atoms with van der Waals surface area (Å²) in [4.78, 5) is 35.3. The number of piperidine rings is 2. The average Bonchev–Trinajstić information content (AvgIpc) is 3.33. The maximum atomic E-state index is 13.5.